The maximum absolute atomic E-state index is 11.2. The van der Waals surface area contributed by atoms with Crippen molar-refractivity contribution in [1.82, 2.24) is 9.78 Å². The number of hydrogen-bond donors (Lipinski definition) is 1. The van der Waals surface area contributed by atoms with Crippen molar-refractivity contribution in [2.75, 3.05) is 0 Å². The highest BCUT2D eigenvalue weighted by atomic mass is 16.4. The quantitative estimate of drug-likeness (QED) is 0.897. The van der Waals surface area contributed by atoms with Crippen LogP contribution in [-0.4, -0.2) is 20.9 Å². The summed E-state index contributed by atoms with van der Waals surface area (Å²) in [6, 6.07) is 10.1. The first-order chi connectivity index (χ1) is 9.17. The van der Waals surface area contributed by atoms with Crippen LogP contribution in [0.15, 0.2) is 30.3 Å². The summed E-state index contributed by atoms with van der Waals surface area (Å²) in [5, 5.41) is 13.4. The van der Waals surface area contributed by atoms with Crippen molar-refractivity contribution in [2.24, 2.45) is 0 Å². The Bertz CT molecular complexity index is 573. The van der Waals surface area contributed by atoms with Gasteiger partial charge in [0.1, 0.15) is 0 Å². The summed E-state index contributed by atoms with van der Waals surface area (Å²) in [5.74, 6) is -0.946. The van der Waals surface area contributed by atoms with E-state index in [1.807, 2.05) is 44.2 Å². The van der Waals surface area contributed by atoms with Crippen LogP contribution < -0.4 is 0 Å². The van der Waals surface area contributed by atoms with Crippen LogP contribution in [0.5, 0.6) is 0 Å². The van der Waals surface area contributed by atoms with Crippen molar-refractivity contribution in [2.45, 2.75) is 33.2 Å². The van der Waals surface area contributed by atoms with Crippen molar-refractivity contribution in [3.63, 3.8) is 0 Å². The highest BCUT2D eigenvalue weighted by Gasteiger charge is 2.20. The molecule has 0 spiro atoms. The topological polar surface area (TPSA) is 55.1 Å². The Balaban J connectivity index is 2.46. The number of aromatic carboxylic acids is 1. The van der Waals surface area contributed by atoms with E-state index in [1.165, 1.54) is 5.56 Å². The van der Waals surface area contributed by atoms with Gasteiger partial charge in [0.15, 0.2) is 5.69 Å². The standard InChI is InChI=1S/C15H18N2O2/c1-3-12-13(10-11-8-6-5-7-9-11)17(4-2)16-14(12)15(18)19/h5-9H,3-4,10H2,1-2H3,(H,18,19). The van der Waals surface area contributed by atoms with Gasteiger partial charge in [0.2, 0.25) is 0 Å². The molecule has 4 nitrogen and oxygen atoms in total. The van der Waals surface area contributed by atoms with E-state index in [0.717, 1.165) is 17.7 Å². The Labute approximate surface area is 112 Å². The van der Waals surface area contributed by atoms with E-state index in [1.54, 1.807) is 4.68 Å². The predicted molar refractivity (Wildman–Crippen MR) is 73.5 cm³/mol. The van der Waals surface area contributed by atoms with Gasteiger partial charge in [0.05, 0.1) is 0 Å². The molecule has 19 heavy (non-hydrogen) atoms. The number of hydrogen-bond acceptors (Lipinski definition) is 2. The molecule has 1 aromatic heterocycles. The molecule has 0 fully saturated rings. The number of aromatic nitrogens is 2. The van der Waals surface area contributed by atoms with Crippen LogP contribution in [0.4, 0.5) is 0 Å². The second-order valence-corrected chi connectivity index (χ2v) is 4.41. The van der Waals surface area contributed by atoms with Gasteiger partial charge in [-0.3, -0.25) is 4.68 Å². The lowest BCUT2D eigenvalue weighted by molar-refractivity contribution is 0.0688. The molecule has 0 bridgehead atoms. The summed E-state index contributed by atoms with van der Waals surface area (Å²) in [7, 11) is 0. The minimum Gasteiger partial charge on any atom is -0.476 e. The normalized spacial score (nSPS) is 10.6. The first kappa shape index (κ1) is 13.3. The Hall–Kier alpha value is -2.10. The Morgan fingerprint density at radius 2 is 1.95 bits per heavy atom. The van der Waals surface area contributed by atoms with E-state index in [2.05, 4.69) is 5.10 Å². The molecule has 1 aromatic carbocycles. The van der Waals surface area contributed by atoms with Gasteiger partial charge in [0.25, 0.3) is 0 Å². The van der Waals surface area contributed by atoms with E-state index in [9.17, 15) is 9.90 Å². The second-order valence-electron chi connectivity index (χ2n) is 4.41. The van der Waals surface area contributed by atoms with Crippen LogP contribution in [0.1, 0.15) is 41.2 Å². The summed E-state index contributed by atoms with van der Waals surface area (Å²) in [4.78, 5) is 11.2. The molecule has 0 unspecified atom stereocenters. The molecule has 0 saturated heterocycles. The van der Waals surface area contributed by atoms with Crippen LogP contribution in [0, 0.1) is 0 Å². The summed E-state index contributed by atoms with van der Waals surface area (Å²) in [6.07, 6.45) is 1.40. The first-order valence-electron chi connectivity index (χ1n) is 6.53. The van der Waals surface area contributed by atoms with E-state index < -0.39 is 5.97 Å². The summed E-state index contributed by atoms with van der Waals surface area (Å²) >= 11 is 0. The van der Waals surface area contributed by atoms with Crippen LogP contribution in [0.2, 0.25) is 0 Å². The fourth-order valence-electron chi connectivity index (χ4n) is 2.33. The van der Waals surface area contributed by atoms with Crippen molar-refractivity contribution < 1.29 is 9.90 Å². The lowest BCUT2D eigenvalue weighted by atomic mass is 10.0. The van der Waals surface area contributed by atoms with Crippen LogP contribution in [0.3, 0.4) is 0 Å². The number of rotatable bonds is 5. The van der Waals surface area contributed by atoms with Gasteiger partial charge in [-0.1, -0.05) is 37.3 Å². The highest BCUT2D eigenvalue weighted by Crippen LogP contribution is 2.19. The highest BCUT2D eigenvalue weighted by molar-refractivity contribution is 5.87. The molecule has 0 amide bonds. The summed E-state index contributed by atoms with van der Waals surface area (Å²) < 4.78 is 1.80. The second kappa shape index (κ2) is 5.69. The fraction of sp³-hybridized carbons (Fsp3) is 0.333. The minimum atomic E-state index is -0.946. The molecule has 0 aliphatic heterocycles. The number of benzene rings is 1. The molecule has 1 N–H and O–H groups in total. The molecule has 0 aliphatic rings. The van der Waals surface area contributed by atoms with Crippen LogP contribution in [0.25, 0.3) is 0 Å². The van der Waals surface area contributed by atoms with Gasteiger partial charge >= 0.3 is 5.97 Å². The smallest absolute Gasteiger partial charge is 0.356 e. The molecule has 0 saturated carbocycles. The Kier molecular flexibility index (Phi) is 4.00. The number of carboxylic acids is 1. The zero-order valence-corrected chi connectivity index (χ0v) is 11.3. The van der Waals surface area contributed by atoms with E-state index in [-0.39, 0.29) is 5.69 Å². The molecule has 2 aromatic rings. The van der Waals surface area contributed by atoms with Crippen LogP contribution >= 0.6 is 0 Å². The third-order valence-electron chi connectivity index (χ3n) is 3.24. The summed E-state index contributed by atoms with van der Waals surface area (Å²) in [6.45, 7) is 4.63. The average molecular weight is 258 g/mol. The number of carbonyl (C=O) groups is 1. The van der Waals surface area contributed by atoms with E-state index >= 15 is 0 Å². The van der Waals surface area contributed by atoms with Crippen molar-refractivity contribution in [1.29, 1.82) is 0 Å². The molecule has 0 atom stereocenters. The lowest BCUT2D eigenvalue weighted by Crippen LogP contribution is -2.05. The SMILES string of the molecule is CCc1c(C(=O)O)nn(CC)c1Cc1ccccc1. The molecule has 100 valence electrons. The number of carboxylic acid groups (broad SMARTS) is 1. The van der Waals surface area contributed by atoms with Gasteiger partial charge in [-0.05, 0) is 18.9 Å². The average Bonchev–Trinajstić information content (AvgIpc) is 2.78. The van der Waals surface area contributed by atoms with E-state index in [0.29, 0.717) is 13.0 Å². The van der Waals surface area contributed by atoms with Gasteiger partial charge in [0, 0.05) is 24.2 Å². The lowest BCUT2D eigenvalue weighted by Gasteiger charge is -2.07. The molecule has 4 heteroatoms. The molecular formula is C15H18N2O2. The van der Waals surface area contributed by atoms with Gasteiger partial charge in [-0.15, -0.1) is 0 Å². The zero-order valence-electron chi connectivity index (χ0n) is 11.3. The molecule has 0 radical (unpaired) electrons. The van der Waals surface area contributed by atoms with Gasteiger partial charge in [-0.2, -0.15) is 5.10 Å². The van der Waals surface area contributed by atoms with Gasteiger partial charge < -0.3 is 5.11 Å². The molecular weight excluding hydrogens is 240 g/mol. The van der Waals surface area contributed by atoms with Crippen molar-refractivity contribution >= 4 is 5.97 Å². The molecule has 1 heterocycles. The third kappa shape index (κ3) is 2.67. The number of nitrogens with zero attached hydrogens (tertiary/aromatic N) is 2. The van der Waals surface area contributed by atoms with E-state index in [4.69, 9.17) is 0 Å². The van der Waals surface area contributed by atoms with Crippen molar-refractivity contribution in [3.8, 4) is 0 Å². The zero-order chi connectivity index (χ0) is 13.8. The maximum Gasteiger partial charge on any atom is 0.356 e. The fourth-order valence-corrected chi connectivity index (χ4v) is 2.33. The third-order valence-corrected chi connectivity index (χ3v) is 3.24. The monoisotopic (exact) mass is 258 g/mol. The Morgan fingerprint density at radius 1 is 1.26 bits per heavy atom. The summed E-state index contributed by atoms with van der Waals surface area (Å²) in [5.41, 5.74) is 3.21. The first-order valence-corrected chi connectivity index (χ1v) is 6.53. The van der Waals surface area contributed by atoms with Crippen molar-refractivity contribution in [3.05, 3.63) is 52.8 Å². The molecule has 0 aliphatic carbocycles. The predicted octanol–water partition coefficient (Wildman–Crippen LogP) is 2.75. The number of aryl methyl sites for hydroxylation is 1. The Morgan fingerprint density at radius 3 is 2.47 bits per heavy atom. The minimum absolute atomic E-state index is 0.190. The van der Waals surface area contributed by atoms with Crippen LogP contribution in [-0.2, 0) is 19.4 Å². The maximum atomic E-state index is 11.2. The van der Waals surface area contributed by atoms with Gasteiger partial charge in [-0.25, -0.2) is 4.79 Å². The molecule has 2 rings (SSSR count). The largest absolute Gasteiger partial charge is 0.476 e.